The Balaban J connectivity index is 2.06. The number of rotatable bonds is 4. The van der Waals surface area contributed by atoms with Crippen LogP contribution in [0, 0.1) is 0 Å². The predicted octanol–water partition coefficient (Wildman–Crippen LogP) is 0.711. The molecular weight excluding hydrogens is 250 g/mol. The first-order valence-corrected chi connectivity index (χ1v) is 6.26. The quantitative estimate of drug-likeness (QED) is 0.367. The summed E-state index contributed by atoms with van der Waals surface area (Å²) in [5.41, 5.74) is 3.70. The number of thioether (sulfide) groups is 1. The van der Waals surface area contributed by atoms with Gasteiger partial charge < -0.3 is 0 Å². The fourth-order valence-corrected chi connectivity index (χ4v) is 2.28. The molecule has 7 heteroatoms. The van der Waals surface area contributed by atoms with Crippen molar-refractivity contribution < 1.29 is 4.79 Å². The highest BCUT2D eigenvalue weighted by Crippen LogP contribution is 2.20. The lowest BCUT2D eigenvalue weighted by molar-refractivity contribution is 0.0953. The Morgan fingerprint density at radius 3 is 3.06 bits per heavy atom. The Labute approximate surface area is 109 Å². The summed E-state index contributed by atoms with van der Waals surface area (Å²) in [6, 6.07) is 7.32. The number of carbonyl (C=O) groups is 1. The number of nitrogens with two attached hydrogens (primary N) is 1. The molecule has 18 heavy (non-hydrogen) atoms. The fraction of sp³-hybridized carbons (Fsp3) is 0.182. The van der Waals surface area contributed by atoms with E-state index in [4.69, 9.17) is 5.84 Å². The molecule has 94 valence electrons. The van der Waals surface area contributed by atoms with Gasteiger partial charge in [-0.1, -0.05) is 23.9 Å². The van der Waals surface area contributed by atoms with Crippen molar-refractivity contribution in [3.05, 3.63) is 41.7 Å². The van der Waals surface area contributed by atoms with Gasteiger partial charge in [0.15, 0.2) is 5.16 Å². The van der Waals surface area contributed by atoms with Gasteiger partial charge in [-0.2, -0.15) is 5.10 Å². The van der Waals surface area contributed by atoms with Crippen LogP contribution in [0.3, 0.4) is 0 Å². The summed E-state index contributed by atoms with van der Waals surface area (Å²) in [6.07, 6.45) is 1.51. The van der Waals surface area contributed by atoms with Gasteiger partial charge >= 0.3 is 0 Å². The van der Waals surface area contributed by atoms with Crippen molar-refractivity contribution in [1.82, 2.24) is 20.2 Å². The van der Waals surface area contributed by atoms with Gasteiger partial charge in [0.2, 0.25) is 0 Å². The number of nitrogens with one attached hydrogen (secondary N) is 1. The zero-order chi connectivity index (χ0) is 13.0. The molecule has 1 amide bonds. The van der Waals surface area contributed by atoms with E-state index >= 15 is 0 Å². The number of aromatic nitrogens is 3. The SMILES string of the molecule is Cn1ncnc1SCc1cccc(C(=O)NN)c1. The highest BCUT2D eigenvalue weighted by Gasteiger charge is 2.06. The van der Waals surface area contributed by atoms with E-state index in [9.17, 15) is 4.79 Å². The maximum Gasteiger partial charge on any atom is 0.265 e. The van der Waals surface area contributed by atoms with Crippen molar-refractivity contribution >= 4 is 17.7 Å². The molecule has 0 atom stereocenters. The minimum absolute atomic E-state index is 0.291. The summed E-state index contributed by atoms with van der Waals surface area (Å²) < 4.78 is 1.71. The third-order valence-electron chi connectivity index (χ3n) is 2.36. The molecule has 0 bridgehead atoms. The van der Waals surface area contributed by atoms with Crippen LogP contribution in [0.5, 0.6) is 0 Å². The summed E-state index contributed by atoms with van der Waals surface area (Å²) in [5, 5.41) is 4.83. The van der Waals surface area contributed by atoms with E-state index in [0.717, 1.165) is 16.5 Å². The van der Waals surface area contributed by atoms with Crippen molar-refractivity contribution in [3.8, 4) is 0 Å². The van der Waals surface area contributed by atoms with Gasteiger partial charge in [-0.25, -0.2) is 15.5 Å². The molecule has 1 heterocycles. The number of benzene rings is 1. The average molecular weight is 263 g/mol. The van der Waals surface area contributed by atoms with E-state index in [1.165, 1.54) is 6.33 Å². The molecule has 0 aliphatic carbocycles. The van der Waals surface area contributed by atoms with Crippen LogP contribution in [0.25, 0.3) is 0 Å². The Morgan fingerprint density at radius 1 is 1.56 bits per heavy atom. The Morgan fingerprint density at radius 2 is 2.39 bits per heavy atom. The maximum atomic E-state index is 11.4. The molecular formula is C11H13N5OS. The average Bonchev–Trinajstić information content (AvgIpc) is 2.81. The number of amides is 1. The fourth-order valence-electron chi connectivity index (χ4n) is 1.45. The molecule has 0 radical (unpaired) electrons. The van der Waals surface area contributed by atoms with E-state index in [2.05, 4.69) is 15.5 Å². The minimum atomic E-state index is -0.291. The van der Waals surface area contributed by atoms with E-state index in [0.29, 0.717) is 5.56 Å². The number of carbonyl (C=O) groups excluding carboxylic acids is 1. The number of hydrogen-bond donors (Lipinski definition) is 2. The number of aryl methyl sites for hydroxylation is 1. The van der Waals surface area contributed by atoms with Crippen molar-refractivity contribution in [3.63, 3.8) is 0 Å². The lowest BCUT2D eigenvalue weighted by Crippen LogP contribution is -2.29. The van der Waals surface area contributed by atoms with Crippen LogP contribution < -0.4 is 11.3 Å². The van der Waals surface area contributed by atoms with Crippen LogP contribution in [0.1, 0.15) is 15.9 Å². The molecule has 0 aliphatic heterocycles. The largest absolute Gasteiger partial charge is 0.290 e. The minimum Gasteiger partial charge on any atom is -0.290 e. The standard InChI is InChI=1S/C11H13N5OS/c1-16-11(13-7-14-16)18-6-8-3-2-4-9(5-8)10(17)15-12/h2-5,7H,6,12H2,1H3,(H,15,17). The molecule has 2 rings (SSSR count). The number of nitrogen functional groups attached to an aromatic ring is 1. The lowest BCUT2D eigenvalue weighted by Gasteiger charge is -2.04. The summed E-state index contributed by atoms with van der Waals surface area (Å²) in [6.45, 7) is 0. The molecule has 0 unspecified atom stereocenters. The van der Waals surface area contributed by atoms with Gasteiger partial charge in [0.05, 0.1) is 0 Å². The van der Waals surface area contributed by atoms with E-state index in [1.54, 1.807) is 22.5 Å². The van der Waals surface area contributed by atoms with Gasteiger partial charge in [-0.05, 0) is 17.7 Å². The van der Waals surface area contributed by atoms with E-state index < -0.39 is 0 Å². The smallest absolute Gasteiger partial charge is 0.265 e. The molecule has 1 aromatic heterocycles. The molecule has 0 saturated heterocycles. The molecule has 0 saturated carbocycles. The summed E-state index contributed by atoms with van der Waals surface area (Å²) in [5.74, 6) is 5.53. The number of hydrazine groups is 1. The first-order valence-electron chi connectivity index (χ1n) is 5.27. The zero-order valence-electron chi connectivity index (χ0n) is 9.83. The summed E-state index contributed by atoms with van der Waals surface area (Å²) >= 11 is 1.56. The molecule has 1 aromatic carbocycles. The van der Waals surface area contributed by atoms with Crippen LogP contribution >= 0.6 is 11.8 Å². The molecule has 6 nitrogen and oxygen atoms in total. The van der Waals surface area contributed by atoms with E-state index in [-0.39, 0.29) is 5.91 Å². The van der Waals surface area contributed by atoms with Gasteiger partial charge in [-0.3, -0.25) is 10.2 Å². The van der Waals surface area contributed by atoms with Gasteiger partial charge in [0.25, 0.3) is 5.91 Å². The lowest BCUT2D eigenvalue weighted by atomic mass is 10.1. The van der Waals surface area contributed by atoms with Crippen LogP contribution in [0.2, 0.25) is 0 Å². The maximum absolute atomic E-state index is 11.4. The van der Waals surface area contributed by atoms with Crippen LogP contribution in [-0.4, -0.2) is 20.7 Å². The third-order valence-corrected chi connectivity index (χ3v) is 3.46. The predicted molar refractivity (Wildman–Crippen MR) is 68.7 cm³/mol. The zero-order valence-corrected chi connectivity index (χ0v) is 10.6. The van der Waals surface area contributed by atoms with Crippen LogP contribution in [0.4, 0.5) is 0 Å². The van der Waals surface area contributed by atoms with Crippen LogP contribution in [-0.2, 0) is 12.8 Å². The molecule has 0 fully saturated rings. The first-order chi connectivity index (χ1) is 8.70. The second-order valence-electron chi connectivity index (χ2n) is 3.63. The highest BCUT2D eigenvalue weighted by molar-refractivity contribution is 7.98. The van der Waals surface area contributed by atoms with Crippen molar-refractivity contribution in [2.45, 2.75) is 10.9 Å². The normalized spacial score (nSPS) is 10.3. The topological polar surface area (TPSA) is 85.8 Å². The number of nitrogens with zero attached hydrogens (tertiary/aromatic N) is 3. The third kappa shape index (κ3) is 2.88. The van der Waals surface area contributed by atoms with E-state index in [1.807, 2.05) is 25.2 Å². The van der Waals surface area contributed by atoms with Crippen LogP contribution in [0.15, 0.2) is 35.7 Å². The molecule has 0 aliphatic rings. The first kappa shape index (κ1) is 12.6. The van der Waals surface area contributed by atoms with Gasteiger partial charge in [0, 0.05) is 18.4 Å². The molecule has 0 spiro atoms. The van der Waals surface area contributed by atoms with Crippen molar-refractivity contribution in [2.75, 3.05) is 0 Å². The Bertz CT molecular complexity index is 554. The summed E-state index contributed by atoms with van der Waals surface area (Å²) in [4.78, 5) is 15.5. The monoisotopic (exact) mass is 263 g/mol. The Kier molecular flexibility index (Phi) is 3.96. The summed E-state index contributed by atoms with van der Waals surface area (Å²) in [7, 11) is 1.84. The van der Waals surface area contributed by atoms with Crippen molar-refractivity contribution in [2.24, 2.45) is 12.9 Å². The van der Waals surface area contributed by atoms with Crippen molar-refractivity contribution in [1.29, 1.82) is 0 Å². The molecule has 3 N–H and O–H groups in total. The number of hydrogen-bond acceptors (Lipinski definition) is 5. The second-order valence-corrected chi connectivity index (χ2v) is 4.57. The van der Waals surface area contributed by atoms with Gasteiger partial charge in [0.1, 0.15) is 6.33 Å². The van der Waals surface area contributed by atoms with Gasteiger partial charge in [-0.15, -0.1) is 0 Å². The Hall–Kier alpha value is -1.86. The highest BCUT2D eigenvalue weighted by atomic mass is 32.2. The second kappa shape index (κ2) is 5.65. The molecule has 2 aromatic rings.